The van der Waals surface area contributed by atoms with Crippen molar-refractivity contribution in [2.75, 3.05) is 13.2 Å². The first-order chi connectivity index (χ1) is 9.51. The van der Waals surface area contributed by atoms with Crippen LogP contribution in [-0.2, 0) is 14.3 Å². The summed E-state index contributed by atoms with van der Waals surface area (Å²) in [6, 6.07) is 0. The van der Waals surface area contributed by atoms with Crippen LogP contribution < -0.4 is 0 Å². The van der Waals surface area contributed by atoms with Crippen LogP contribution in [0.1, 0.15) is 39.5 Å². The van der Waals surface area contributed by atoms with Crippen molar-refractivity contribution in [2.45, 2.75) is 63.9 Å². The number of aliphatic hydroxyl groups is 2. The van der Waals surface area contributed by atoms with Gasteiger partial charge in [0.2, 0.25) is 0 Å². The van der Waals surface area contributed by atoms with E-state index in [4.69, 9.17) is 24.8 Å². The maximum absolute atomic E-state index is 10.4. The van der Waals surface area contributed by atoms with Gasteiger partial charge in [-0.1, -0.05) is 26.7 Å². The third kappa shape index (κ3) is 4.70. The molecule has 1 unspecified atom stereocenters. The Morgan fingerprint density at radius 1 is 1.15 bits per heavy atom. The molecule has 2 heterocycles. The smallest absolute Gasteiger partial charge is 0.306 e. The zero-order valence-corrected chi connectivity index (χ0v) is 12.2. The van der Waals surface area contributed by atoms with Gasteiger partial charge in [0.05, 0.1) is 19.1 Å². The van der Waals surface area contributed by atoms with Crippen LogP contribution in [0.2, 0.25) is 0 Å². The Morgan fingerprint density at radius 3 is 2.00 bits per heavy atom. The van der Waals surface area contributed by atoms with E-state index in [9.17, 15) is 4.79 Å². The van der Waals surface area contributed by atoms with Gasteiger partial charge in [0.15, 0.2) is 0 Å². The molecule has 2 aliphatic rings. The van der Waals surface area contributed by atoms with E-state index < -0.39 is 18.2 Å². The van der Waals surface area contributed by atoms with Crippen LogP contribution in [0.25, 0.3) is 0 Å². The van der Waals surface area contributed by atoms with Crippen molar-refractivity contribution < 1.29 is 29.6 Å². The van der Waals surface area contributed by atoms with E-state index in [0.29, 0.717) is 0 Å². The molecule has 2 rings (SSSR count). The summed E-state index contributed by atoms with van der Waals surface area (Å²) in [5, 5.41) is 26.9. The highest BCUT2D eigenvalue weighted by Gasteiger charge is 2.46. The number of aliphatic carboxylic acids is 1. The summed E-state index contributed by atoms with van der Waals surface area (Å²) >= 11 is 0. The van der Waals surface area contributed by atoms with Crippen LogP contribution in [-0.4, -0.2) is 58.9 Å². The number of fused-ring (bicyclic) bond motifs is 1. The molecule has 3 N–H and O–H groups in total. The lowest BCUT2D eigenvalue weighted by Gasteiger charge is -2.09. The van der Waals surface area contributed by atoms with Gasteiger partial charge in [-0.3, -0.25) is 4.79 Å². The molecule has 5 atom stereocenters. The van der Waals surface area contributed by atoms with E-state index in [2.05, 4.69) is 6.92 Å². The highest BCUT2D eigenvalue weighted by molar-refractivity contribution is 5.69. The third-order valence-corrected chi connectivity index (χ3v) is 3.75. The van der Waals surface area contributed by atoms with Crippen LogP contribution in [0, 0.1) is 5.92 Å². The molecule has 0 aromatic rings. The van der Waals surface area contributed by atoms with E-state index in [0.717, 1.165) is 25.7 Å². The number of ether oxygens (including phenoxy) is 2. The summed E-state index contributed by atoms with van der Waals surface area (Å²) in [4.78, 5) is 10.4. The van der Waals surface area contributed by atoms with Crippen molar-refractivity contribution in [1.82, 2.24) is 0 Å². The quantitative estimate of drug-likeness (QED) is 0.693. The normalized spacial score (nSPS) is 33.2. The molecule has 2 fully saturated rings. The van der Waals surface area contributed by atoms with E-state index in [1.807, 2.05) is 6.92 Å². The molecule has 0 aromatic heterocycles. The minimum absolute atomic E-state index is 0.111. The fraction of sp³-hybridized carbons (Fsp3) is 0.929. The summed E-state index contributed by atoms with van der Waals surface area (Å²) < 4.78 is 10.2. The van der Waals surface area contributed by atoms with Crippen molar-refractivity contribution in [1.29, 1.82) is 0 Å². The minimum atomic E-state index is -0.643. The SMILES string of the molecule is CCCCC(CC)C(=O)O.O[C@@H]1CO[C@H]2[C@@H]1OC[C@@H]2O. The molecule has 0 saturated carbocycles. The summed E-state index contributed by atoms with van der Waals surface area (Å²) in [6.07, 6.45) is 2.01. The van der Waals surface area contributed by atoms with Crippen LogP contribution in [0.15, 0.2) is 0 Å². The Kier molecular flexibility index (Phi) is 7.43. The molecule has 0 radical (unpaired) electrons. The number of carbonyl (C=O) groups is 1. The van der Waals surface area contributed by atoms with Crippen molar-refractivity contribution in [3.63, 3.8) is 0 Å². The van der Waals surface area contributed by atoms with Crippen molar-refractivity contribution in [3.8, 4) is 0 Å². The molecular formula is C14H26O6. The summed E-state index contributed by atoms with van der Waals surface area (Å²) in [5.41, 5.74) is 0. The lowest BCUT2D eigenvalue weighted by Crippen LogP contribution is -2.30. The summed E-state index contributed by atoms with van der Waals surface area (Å²) in [7, 11) is 0. The third-order valence-electron chi connectivity index (χ3n) is 3.75. The Balaban J connectivity index is 0.000000200. The van der Waals surface area contributed by atoms with Gasteiger partial charge in [0, 0.05) is 0 Å². The van der Waals surface area contributed by atoms with E-state index in [-0.39, 0.29) is 31.3 Å². The van der Waals surface area contributed by atoms with E-state index in [1.54, 1.807) is 0 Å². The van der Waals surface area contributed by atoms with Crippen molar-refractivity contribution >= 4 is 5.97 Å². The monoisotopic (exact) mass is 290 g/mol. The largest absolute Gasteiger partial charge is 0.481 e. The highest BCUT2D eigenvalue weighted by atomic mass is 16.6. The average molecular weight is 290 g/mol. The molecule has 118 valence electrons. The number of hydrogen-bond donors (Lipinski definition) is 3. The molecule has 0 bridgehead atoms. The first-order valence-corrected chi connectivity index (χ1v) is 7.33. The standard InChI is InChI=1S/C8H16O2.C6H10O4/c1-3-5-6-7(4-2)8(9)10;7-3-1-9-6-4(8)2-10-5(3)6/h7H,3-6H2,1-2H3,(H,9,10);3-8H,1-2H2/t;3-,4+,5-,6-/m.1/s1. The average Bonchev–Trinajstić information content (AvgIpc) is 2.96. The molecule has 6 heteroatoms. The van der Waals surface area contributed by atoms with Crippen LogP contribution >= 0.6 is 0 Å². The maximum Gasteiger partial charge on any atom is 0.306 e. The van der Waals surface area contributed by atoms with Crippen LogP contribution in [0.4, 0.5) is 0 Å². The zero-order valence-electron chi connectivity index (χ0n) is 12.2. The molecule has 0 aliphatic carbocycles. The molecule has 20 heavy (non-hydrogen) atoms. The van der Waals surface area contributed by atoms with E-state index in [1.165, 1.54) is 0 Å². The van der Waals surface area contributed by atoms with Crippen LogP contribution in [0.3, 0.4) is 0 Å². The number of unbranched alkanes of at least 4 members (excludes halogenated alkanes) is 1. The number of rotatable bonds is 5. The van der Waals surface area contributed by atoms with Gasteiger partial charge in [0.1, 0.15) is 24.4 Å². The maximum atomic E-state index is 10.4. The Morgan fingerprint density at radius 2 is 1.65 bits per heavy atom. The van der Waals surface area contributed by atoms with Gasteiger partial charge < -0.3 is 24.8 Å². The molecule has 2 saturated heterocycles. The summed E-state index contributed by atoms with van der Waals surface area (Å²) in [5.74, 6) is -0.754. The Bertz CT molecular complexity index is 279. The predicted octanol–water partition coefficient (Wildman–Crippen LogP) is 0.793. The van der Waals surface area contributed by atoms with Crippen LogP contribution in [0.5, 0.6) is 0 Å². The van der Waals surface area contributed by atoms with Crippen molar-refractivity contribution in [3.05, 3.63) is 0 Å². The fourth-order valence-electron chi connectivity index (χ4n) is 2.41. The minimum Gasteiger partial charge on any atom is -0.481 e. The molecular weight excluding hydrogens is 264 g/mol. The fourth-order valence-corrected chi connectivity index (χ4v) is 2.41. The second-order valence-electron chi connectivity index (χ2n) is 5.32. The van der Waals surface area contributed by atoms with E-state index >= 15 is 0 Å². The highest BCUT2D eigenvalue weighted by Crippen LogP contribution is 2.26. The topological polar surface area (TPSA) is 96.2 Å². The van der Waals surface area contributed by atoms with Gasteiger partial charge >= 0.3 is 5.97 Å². The van der Waals surface area contributed by atoms with Gasteiger partial charge in [-0.25, -0.2) is 0 Å². The summed E-state index contributed by atoms with van der Waals surface area (Å²) in [6.45, 7) is 4.57. The van der Waals surface area contributed by atoms with Gasteiger partial charge in [0.25, 0.3) is 0 Å². The Hall–Kier alpha value is -0.690. The van der Waals surface area contributed by atoms with Gasteiger partial charge in [-0.15, -0.1) is 0 Å². The zero-order chi connectivity index (χ0) is 15.1. The second-order valence-corrected chi connectivity index (χ2v) is 5.32. The number of carboxylic acids is 1. The van der Waals surface area contributed by atoms with Gasteiger partial charge in [-0.2, -0.15) is 0 Å². The molecule has 0 spiro atoms. The van der Waals surface area contributed by atoms with Gasteiger partial charge in [-0.05, 0) is 12.8 Å². The lowest BCUT2D eigenvalue weighted by molar-refractivity contribution is -0.142. The molecule has 0 amide bonds. The predicted molar refractivity (Wildman–Crippen MR) is 72.4 cm³/mol. The molecule has 2 aliphatic heterocycles. The Labute approximate surface area is 119 Å². The molecule has 0 aromatic carbocycles. The second kappa shape index (κ2) is 8.56. The van der Waals surface area contributed by atoms with Crippen molar-refractivity contribution in [2.24, 2.45) is 5.92 Å². The number of hydrogen-bond acceptors (Lipinski definition) is 5. The molecule has 6 nitrogen and oxygen atoms in total. The first-order valence-electron chi connectivity index (χ1n) is 7.33. The number of aliphatic hydroxyl groups excluding tert-OH is 2. The number of carboxylic acid groups (broad SMARTS) is 1. The first kappa shape index (κ1) is 17.4. The lowest BCUT2D eigenvalue weighted by atomic mass is 10.00.